The Morgan fingerprint density at radius 3 is 2.32 bits per heavy atom. The predicted molar refractivity (Wildman–Crippen MR) is 129 cm³/mol. The first kappa shape index (κ1) is 21.8. The average molecular weight is 434 g/mol. The first-order chi connectivity index (χ1) is 15.1. The number of carbonyl (C=O) groups is 1. The van der Waals surface area contributed by atoms with Gasteiger partial charge in [-0.2, -0.15) is 0 Å². The lowest BCUT2D eigenvalue weighted by molar-refractivity contribution is -0.125. The zero-order valence-electron chi connectivity index (χ0n) is 18.6. The molecule has 1 amide bonds. The highest BCUT2D eigenvalue weighted by molar-refractivity contribution is 7.09. The van der Waals surface area contributed by atoms with E-state index >= 15 is 0 Å². The van der Waals surface area contributed by atoms with E-state index in [-0.39, 0.29) is 5.91 Å². The topological polar surface area (TPSA) is 26.8 Å². The van der Waals surface area contributed by atoms with Crippen LogP contribution in [-0.2, 0) is 16.8 Å². The maximum Gasteiger partial charge on any atom is 0.256 e. The summed E-state index contributed by atoms with van der Waals surface area (Å²) in [5, 5.41) is 6.06. The second-order valence-electron chi connectivity index (χ2n) is 8.08. The van der Waals surface area contributed by atoms with Crippen LogP contribution >= 0.6 is 11.3 Å². The molecule has 0 saturated heterocycles. The Balaban J connectivity index is 1.79. The van der Waals surface area contributed by atoms with Gasteiger partial charge in [0.25, 0.3) is 5.91 Å². The zero-order chi connectivity index (χ0) is 21.8. The second kappa shape index (κ2) is 9.35. The third kappa shape index (κ3) is 3.93. The summed E-state index contributed by atoms with van der Waals surface area (Å²) in [5.41, 5.74) is 2.50. The Labute approximate surface area is 189 Å². The van der Waals surface area contributed by atoms with E-state index in [1.165, 1.54) is 4.88 Å². The molecule has 4 rings (SSSR count). The lowest BCUT2D eigenvalue weighted by Gasteiger charge is -2.34. The first-order valence-corrected chi connectivity index (χ1v) is 11.9. The molecule has 1 aliphatic heterocycles. The number of thiophene rings is 1. The number of hydrazine groups is 1. The number of benzene rings is 2. The van der Waals surface area contributed by atoms with Crippen molar-refractivity contribution >= 4 is 22.9 Å². The number of para-hydroxylation sites is 1. The largest absolute Gasteiger partial charge is 0.304 e. The summed E-state index contributed by atoms with van der Waals surface area (Å²) in [6.45, 7) is 7.93. The van der Waals surface area contributed by atoms with Crippen molar-refractivity contribution in [3.8, 4) is 0 Å². The van der Waals surface area contributed by atoms with E-state index in [4.69, 9.17) is 0 Å². The van der Waals surface area contributed by atoms with Crippen LogP contribution in [0.15, 0.2) is 72.1 Å². The fourth-order valence-electron chi connectivity index (χ4n) is 4.72. The maximum absolute atomic E-state index is 14.3. The molecule has 0 radical (unpaired) electrons. The molecule has 1 unspecified atom stereocenters. The molecule has 1 aromatic heterocycles. The molecular weight excluding hydrogens is 402 g/mol. The maximum atomic E-state index is 14.3. The van der Waals surface area contributed by atoms with Gasteiger partial charge >= 0.3 is 0 Å². The van der Waals surface area contributed by atoms with Crippen LogP contribution < -0.4 is 5.01 Å². The molecular formula is C26H31N3OS. The van der Waals surface area contributed by atoms with E-state index in [9.17, 15) is 4.79 Å². The summed E-state index contributed by atoms with van der Waals surface area (Å²) in [6.07, 6.45) is 0.762. The molecule has 0 bridgehead atoms. The van der Waals surface area contributed by atoms with Gasteiger partial charge in [0.1, 0.15) is 5.41 Å². The number of hydrogen-bond acceptors (Lipinski definition) is 4. The predicted octanol–water partition coefficient (Wildman–Crippen LogP) is 5.16. The van der Waals surface area contributed by atoms with Gasteiger partial charge in [-0.3, -0.25) is 4.79 Å². The van der Waals surface area contributed by atoms with Crippen molar-refractivity contribution in [3.63, 3.8) is 0 Å². The summed E-state index contributed by atoms with van der Waals surface area (Å²) >= 11 is 1.72. The lowest BCUT2D eigenvalue weighted by atomic mass is 9.72. The first-order valence-electron chi connectivity index (χ1n) is 11.1. The molecule has 0 N–H and O–H groups in total. The molecule has 2 heterocycles. The quantitative estimate of drug-likeness (QED) is 0.466. The van der Waals surface area contributed by atoms with Crippen LogP contribution in [0.5, 0.6) is 0 Å². The monoisotopic (exact) mass is 433 g/mol. The van der Waals surface area contributed by atoms with Gasteiger partial charge in [0.15, 0.2) is 0 Å². The minimum Gasteiger partial charge on any atom is -0.304 e. The molecule has 4 nitrogen and oxygen atoms in total. The highest BCUT2D eigenvalue weighted by Crippen LogP contribution is 2.49. The van der Waals surface area contributed by atoms with Crippen LogP contribution in [0.2, 0.25) is 0 Å². The van der Waals surface area contributed by atoms with Gasteiger partial charge in [0.05, 0.1) is 12.2 Å². The van der Waals surface area contributed by atoms with Crippen molar-refractivity contribution in [1.82, 2.24) is 9.91 Å². The summed E-state index contributed by atoms with van der Waals surface area (Å²) in [4.78, 5) is 18.0. The molecule has 31 heavy (non-hydrogen) atoms. The molecule has 1 atom stereocenters. The highest BCUT2D eigenvalue weighted by atomic mass is 32.1. The van der Waals surface area contributed by atoms with Crippen LogP contribution in [-0.4, -0.2) is 42.5 Å². The van der Waals surface area contributed by atoms with Gasteiger partial charge in [-0.1, -0.05) is 68.4 Å². The summed E-state index contributed by atoms with van der Waals surface area (Å²) in [5.74, 6) is 0.145. The fourth-order valence-corrected chi connectivity index (χ4v) is 5.47. The van der Waals surface area contributed by atoms with Gasteiger partial charge in [-0.25, -0.2) is 10.0 Å². The number of amides is 1. The van der Waals surface area contributed by atoms with Crippen molar-refractivity contribution in [2.75, 3.05) is 31.7 Å². The Morgan fingerprint density at radius 2 is 1.65 bits per heavy atom. The number of fused-ring (bicyclic) bond motifs is 1. The van der Waals surface area contributed by atoms with Crippen molar-refractivity contribution in [2.24, 2.45) is 0 Å². The van der Waals surface area contributed by atoms with E-state index in [1.807, 2.05) is 36.3 Å². The standard InChI is InChI=1S/C26H31N3OS/c1-4-28(5-2)18-17-26(21-12-7-6-8-13-21)23-15-9-10-16-24(23)29(25(26)30)27(3)20-22-14-11-19-31-22/h6-16,19H,4-5,17-18,20H2,1-3H3. The Kier molecular flexibility index (Phi) is 6.56. The number of rotatable bonds is 9. The van der Waals surface area contributed by atoms with Crippen LogP contribution in [0.1, 0.15) is 36.3 Å². The number of nitrogens with zero attached hydrogens (tertiary/aromatic N) is 3. The molecule has 3 aromatic rings. The Bertz CT molecular complexity index is 1000. The highest BCUT2D eigenvalue weighted by Gasteiger charge is 2.52. The average Bonchev–Trinajstić information content (AvgIpc) is 3.39. The van der Waals surface area contributed by atoms with Crippen molar-refractivity contribution in [2.45, 2.75) is 32.2 Å². The van der Waals surface area contributed by atoms with Crippen molar-refractivity contribution in [3.05, 3.63) is 88.1 Å². The van der Waals surface area contributed by atoms with Gasteiger partial charge < -0.3 is 4.90 Å². The summed E-state index contributed by atoms with van der Waals surface area (Å²) < 4.78 is 0. The van der Waals surface area contributed by atoms with Crippen LogP contribution in [0.3, 0.4) is 0 Å². The Hall–Kier alpha value is -2.47. The minimum atomic E-state index is -0.676. The molecule has 1 aliphatic rings. The number of carbonyl (C=O) groups excluding carboxylic acids is 1. The number of anilines is 1. The molecule has 2 aromatic carbocycles. The third-order valence-electron chi connectivity index (χ3n) is 6.42. The van der Waals surface area contributed by atoms with Crippen molar-refractivity contribution in [1.29, 1.82) is 0 Å². The second-order valence-corrected chi connectivity index (χ2v) is 9.11. The van der Waals surface area contributed by atoms with E-state index in [2.05, 4.69) is 71.6 Å². The van der Waals surface area contributed by atoms with E-state index in [0.717, 1.165) is 42.9 Å². The van der Waals surface area contributed by atoms with Gasteiger partial charge in [-0.15, -0.1) is 11.3 Å². The summed E-state index contributed by atoms with van der Waals surface area (Å²) in [6, 6.07) is 22.8. The molecule has 0 aliphatic carbocycles. The molecule has 162 valence electrons. The lowest BCUT2D eigenvalue weighted by Crippen LogP contribution is -2.49. The summed E-state index contributed by atoms with van der Waals surface area (Å²) in [7, 11) is 2.01. The van der Waals surface area contributed by atoms with Gasteiger partial charge in [0.2, 0.25) is 0 Å². The van der Waals surface area contributed by atoms with Gasteiger partial charge in [-0.05, 0) is 54.7 Å². The molecule has 0 spiro atoms. The smallest absolute Gasteiger partial charge is 0.256 e. The fraction of sp³-hybridized carbons (Fsp3) is 0.346. The zero-order valence-corrected chi connectivity index (χ0v) is 19.4. The van der Waals surface area contributed by atoms with E-state index < -0.39 is 5.41 Å². The Morgan fingerprint density at radius 1 is 0.935 bits per heavy atom. The molecule has 0 saturated carbocycles. The van der Waals surface area contributed by atoms with E-state index in [0.29, 0.717) is 6.54 Å². The molecule has 5 heteroatoms. The van der Waals surface area contributed by atoms with Gasteiger partial charge in [0, 0.05) is 11.9 Å². The SMILES string of the molecule is CCN(CC)CCC1(c2ccccc2)C(=O)N(N(C)Cc2cccs2)c2ccccc21. The van der Waals surface area contributed by atoms with E-state index in [1.54, 1.807) is 11.3 Å². The van der Waals surface area contributed by atoms with Crippen molar-refractivity contribution < 1.29 is 4.79 Å². The number of hydrogen-bond donors (Lipinski definition) is 0. The van der Waals surface area contributed by atoms with Crippen LogP contribution in [0, 0.1) is 0 Å². The third-order valence-corrected chi connectivity index (χ3v) is 7.28. The molecule has 0 fully saturated rings. The van der Waals surface area contributed by atoms with Crippen LogP contribution in [0.4, 0.5) is 5.69 Å². The normalized spacial score (nSPS) is 18.2. The van der Waals surface area contributed by atoms with Crippen LogP contribution in [0.25, 0.3) is 0 Å². The minimum absolute atomic E-state index is 0.145.